The predicted octanol–water partition coefficient (Wildman–Crippen LogP) is 1.29. The highest BCUT2D eigenvalue weighted by Gasteiger charge is 2.15. The Morgan fingerprint density at radius 1 is 1.44 bits per heavy atom. The van der Waals surface area contributed by atoms with Gasteiger partial charge in [-0.15, -0.1) is 0 Å². The van der Waals surface area contributed by atoms with Crippen molar-refractivity contribution in [2.45, 2.75) is 0 Å². The first-order chi connectivity index (χ1) is 7.65. The summed E-state index contributed by atoms with van der Waals surface area (Å²) in [5.74, 6) is -0.851. The molecule has 0 atom stereocenters. The molecular weight excluding hydrogens is 212 g/mol. The predicted molar refractivity (Wildman–Crippen MR) is 55.5 cm³/mol. The summed E-state index contributed by atoms with van der Waals surface area (Å²) in [4.78, 5) is 22.8. The first kappa shape index (κ1) is 10.2. The molecule has 0 bridgehead atoms. The van der Waals surface area contributed by atoms with Crippen molar-refractivity contribution in [3.05, 3.63) is 40.4 Å². The Kier molecular flexibility index (Phi) is 2.36. The zero-order valence-corrected chi connectivity index (χ0v) is 8.39. The van der Waals surface area contributed by atoms with Gasteiger partial charge in [0, 0.05) is 5.39 Å². The van der Waals surface area contributed by atoms with E-state index in [0.29, 0.717) is 5.39 Å². The fourth-order valence-corrected chi connectivity index (χ4v) is 1.48. The maximum absolute atomic E-state index is 11.4. The van der Waals surface area contributed by atoms with Gasteiger partial charge in [-0.05, 0) is 6.07 Å². The molecule has 0 aliphatic carbocycles. The third-order valence-electron chi connectivity index (χ3n) is 2.23. The molecule has 0 saturated heterocycles. The van der Waals surface area contributed by atoms with E-state index in [1.165, 1.54) is 25.3 Å². The molecule has 1 aromatic carbocycles. The molecule has 1 heterocycles. The second-order valence-corrected chi connectivity index (χ2v) is 3.13. The first-order valence-corrected chi connectivity index (χ1v) is 4.47. The Morgan fingerprint density at radius 2 is 2.19 bits per heavy atom. The van der Waals surface area contributed by atoms with Crippen LogP contribution in [0.15, 0.2) is 33.7 Å². The van der Waals surface area contributed by atoms with E-state index in [1.54, 1.807) is 0 Å². The van der Waals surface area contributed by atoms with Crippen LogP contribution in [-0.4, -0.2) is 18.2 Å². The van der Waals surface area contributed by atoms with Crippen LogP contribution in [0.25, 0.3) is 10.8 Å². The first-order valence-electron chi connectivity index (χ1n) is 4.47. The van der Waals surface area contributed by atoms with Crippen molar-refractivity contribution >= 4 is 16.7 Å². The van der Waals surface area contributed by atoms with E-state index in [9.17, 15) is 14.7 Å². The Bertz CT molecular complexity index is 611. The molecule has 0 amide bonds. The molecule has 0 saturated carbocycles. The van der Waals surface area contributed by atoms with Crippen LogP contribution < -0.4 is 5.63 Å². The lowest BCUT2D eigenvalue weighted by molar-refractivity contribution is 0.0600. The molecule has 0 aliphatic heterocycles. The zero-order chi connectivity index (χ0) is 11.7. The van der Waals surface area contributed by atoms with E-state index in [0.717, 1.165) is 6.26 Å². The summed E-state index contributed by atoms with van der Waals surface area (Å²) in [7, 11) is 1.22. The SMILES string of the molecule is COC(=O)c1coc(=O)c2c(O)cccc12. The molecule has 1 N–H and O–H groups in total. The minimum atomic E-state index is -0.694. The summed E-state index contributed by atoms with van der Waals surface area (Å²) in [6.07, 6.45) is 1.02. The summed E-state index contributed by atoms with van der Waals surface area (Å²) in [6.45, 7) is 0. The van der Waals surface area contributed by atoms with E-state index < -0.39 is 11.6 Å². The standard InChI is InChI=1S/C11H8O5/c1-15-10(13)7-5-16-11(14)9-6(7)3-2-4-8(9)12/h2-5,12H,1H3. The number of phenolic OH excluding ortho intramolecular Hbond substituents is 1. The van der Waals surface area contributed by atoms with Crippen LogP contribution >= 0.6 is 0 Å². The Balaban J connectivity index is 2.90. The smallest absolute Gasteiger partial charge is 0.347 e. The van der Waals surface area contributed by atoms with Crippen LogP contribution in [0, 0.1) is 0 Å². The van der Waals surface area contributed by atoms with Crippen molar-refractivity contribution in [2.75, 3.05) is 7.11 Å². The van der Waals surface area contributed by atoms with Crippen molar-refractivity contribution in [2.24, 2.45) is 0 Å². The normalized spacial score (nSPS) is 10.3. The van der Waals surface area contributed by atoms with Crippen molar-refractivity contribution in [3.8, 4) is 5.75 Å². The molecule has 0 aliphatic rings. The topological polar surface area (TPSA) is 76.7 Å². The molecule has 82 valence electrons. The molecule has 0 radical (unpaired) electrons. The van der Waals surface area contributed by atoms with E-state index in [4.69, 9.17) is 0 Å². The van der Waals surface area contributed by atoms with E-state index in [-0.39, 0.29) is 16.7 Å². The van der Waals surface area contributed by atoms with Crippen LogP contribution in [0.1, 0.15) is 10.4 Å². The van der Waals surface area contributed by atoms with Crippen LogP contribution in [0.2, 0.25) is 0 Å². The Hall–Kier alpha value is -2.30. The maximum Gasteiger partial charge on any atom is 0.347 e. The van der Waals surface area contributed by atoms with Crippen molar-refractivity contribution in [1.29, 1.82) is 0 Å². The monoisotopic (exact) mass is 220 g/mol. The van der Waals surface area contributed by atoms with E-state index >= 15 is 0 Å². The summed E-state index contributed by atoms with van der Waals surface area (Å²) in [5.41, 5.74) is -0.589. The number of aromatic hydroxyl groups is 1. The number of carbonyl (C=O) groups is 1. The lowest BCUT2D eigenvalue weighted by atomic mass is 10.1. The second-order valence-electron chi connectivity index (χ2n) is 3.13. The fraction of sp³-hybridized carbons (Fsp3) is 0.0909. The van der Waals surface area contributed by atoms with Gasteiger partial charge in [0.05, 0.1) is 7.11 Å². The van der Waals surface area contributed by atoms with Crippen LogP contribution in [0.4, 0.5) is 0 Å². The average molecular weight is 220 g/mol. The van der Waals surface area contributed by atoms with Gasteiger partial charge in [0.25, 0.3) is 0 Å². The van der Waals surface area contributed by atoms with Gasteiger partial charge in [0.2, 0.25) is 0 Å². The number of phenols is 1. The third kappa shape index (κ3) is 1.42. The average Bonchev–Trinajstić information content (AvgIpc) is 2.28. The molecule has 0 spiro atoms. The number of ether oxygens (including phenoxy) is 1. The lowest BCUT2D eigenvalue weighted by Crippen LogP contribution is -2.07. The largest absolute Gasteiger partial charge is 0.507 e. The number of benzene rings is 1. The third-order valence-corrected chi connectivity index (χ3v) is 2.23. The molecule has 1 aromatic heterocycles. The van der Waals surface area contributed by atoms with Gasteiger partial charge in [0.15, 0.2) is 0 Å². The minimum absolute atomic E-state index is 0.0228. The molecule has 2 aromatic rings. The van der Waals surface area contributed by atoms with E-state index in [2.05, 4.69) is 9.15 Å². The Morgan fingerprint density at radius 3 is 2.88 bits per heavy atom. The molecule has 2 rings (SSSR count). The van der Waals surface area contributed by atoms with Crippen LogP contribution in [-0.2, 0) is 4.74 Å². The number of methoxy groups -OCH3 is 1. The highest BCUT2D eigenvalue weighted by Crippen LogP contribution is 2.24. The summed E-state index contributed by atoms with van der Waals surface area (Å²) in [6, 6.07) is 4.42. The zero-order valence-electron chi connectivity index (χ0n) is 8.39. The molecule has 5 heteroatoms. The van der Waals surface area contributed by atoms with E-state index in [1.807, 2.05) is 0 Å². The number of rotatable bonds is 1. The van der Waals surface area contributed by atoms with Crippen LogP contribution in [0.5, 0.6) is 5.75 Å². The van der Waals surface area contributed by atoms with Gasteiger partial charge in [-0.1, -0.05) is 12.1 Å². The number of fused-ring (bicyclic) bond motifs is 1. The van der Waals surface area contributed by atoms with Gasteiger partial charge in [-0.3, -0.25) is 0 Å². The van der Waals surface area contributed by atoms with Gasteiger partial charge in [-0.25, -0.2) is 9.59 Å². The molecule has 0 fully saturated rings. The molecule has 5 nitrogen and oxygen atoms in total. The van der Waals surface area contributed by atoms with Crippen LogP contribution in [0.3, 0.4) is 0 Å². The number of esters is 1. The molecular formula is C11H8O5. The molecule has 16 heavy (non-hydrogen) atoms. The molecule has 0 unspecified atom stereocenters. The lowest BCUT2D eigenvalue weighted by Gasteiger charge is -2.03. The maximum atomic E-state index is 11.4. The highest BCUT2D eigenvalue weighted by molar-refractivity contribution is 6.04. The van der Waals surface area contributed by atoms with Gasteiger partial charge in [0.1, 0.15) is 23.0 Å². The summed E-state index contributed by atoms with van der Waals surface area (Å²) in [5, 5.41) is 9.80. The number of carbonyl (C=O) groups excluding carboxylic acids is 1. The second kappa shape index (κ2) is 3.69. The van der Waals surface area contributed by atoms with Crippen molar-refractivity contribution in [1.82, 2.24) is 0 Å². The highest BCUT2D eigenvalue weighted by atomic mass is 16.5. The summed E-state index contributed by atoms with van der Waals surface area (Å²) < 4.78 is 9.20. The Labute approximate surface area is 89.9 Å². The number of hydrogen-bond acceptors (Lipinski definition) is 5. The van der Waals surface area contributed by atoms with Gasteiger partial charge in [-0.2, -0.15) is 0 Å². The van der Waals surface area contributed by atoms with Gasteiger partial charge < -0.3 is 14.3 Å². The van der Waals surface area contributed by atoms with Crippen molar-refractivity contribution < 1.29 is 19.1 Å². The minimum Gasteiger partial charge on any atom is -0.507 e. The van der Waals surface area contributed by atoms with Crippen molar-refractivity contribution in [3.63, 3.8) is 0 Å². The number of hydrogen-bond donors (Lipinski definition) is 1. The summed E-state index contributed by atoms with van der Waals surface area (Å²) >= 11 is 0. The van der Waals surface area contributed by atoms with Gasteiger partial charge >= 0.3 is 11.6 Å². The fourth-order valence-electron chi connectivity index (χ4n) is 1.48. The quantitative estimate of drug-likeness (QED) is 0.732.